The topological polar surface area (TPSA) is 98.2 Å². The van der Waals surface area contributed by atoms with Gasteiger partial charge in [0.25, 0.3) is 0 Å². The minimum Gasteiger partial charge on any atom is -0.377 e. The Morgan fingerprint density at radius 1 is 1.18 bits per heavy atom. The number of nitrogens with one attached hydrogen (secondary N) is 1. The van der Waals surface area contributed by atoms with Gasteiger partial charge in [0.15, 0.2) is 0 Å². The Kier molecular flexibility index (Phi) is 4.87. The maximum atomic E-state index is 12.4. The van der Waals surface area contributed by atoms with Gasteiger partial charge >= 0.3 is 0 Å². The Balaban J connectivity index is 2.47. The molecule has 2 aromatic carbocycles. The first-order chi connectivity index (χ1) is 10.5. The summed E-state index contributed by atoms with van der Waals surface area (Å²) in [5.74, 6) is 0. The van der Waals surface area contributed by atoms with Crippen LogP contribution in [0.2, 0.25) is 0 Å². The van der Waals surface area contributed by atoms with Gasteiger partial charge in [-0.2, -0.15) is 0 Å². The minimum atomic E-state index is -3.66. The van der Waals surface area contributed by atoms with E-state index in [9.17, 15) is 8.42 Å². The second-order valence-electron chi connectivity index (χ2n) is 4.88. The van der Waals surface area contributed by atoms with Crippen molar-refractivity contribution in [2.45, 2.75) is 4.90 Å². The lowest BCUT2D eigenvalue weighted by Crippen LogP contribution is -2.26. The second-order valence-corrected chi connectivity index (χ2v) is 6.61. The van der Waals surface area contributed by atoms with Crippen molar-refractivity contribution in [1.82, 2.24) is 4.72 Å². The SMILES string of the molecule is CN(C)c1cccc2c(S(=O)(=O)NCCN=[N+]=[N-])cccc12. The lowest BCUT2D eigenvalue weighted by molar-refractivity contribution is 0.583. The average molecular weight is 319 g/mol. The summed E-state index contributed by atoms with van der Waals surface area (Å²) in [4.78, 5) is 4.75. The number of anilines is 1. The van der Waals surface area contributed by atoms with E-state index in [-0.39, 0.29) is 18.0 Å². The van der Waals surface area contributed by atoms with Crippen LogP contribution >= 0.6 is 0 Å². The Bertz CT molecular complexity index is 826. The molecular weight excluding hydrogens is 302 g/mol. The van der Waals surface area contributed by atoms with Crippen molar-refractivity contribution in [1.29, 1.82) is 0 Å². The van der Waals surface area contributed by atoms with Gasteiger partial charge in [-0.25, -0.2) is 13.1 Å². The minimum absolute atomic E-state index is 0.0656. The molecule has 0 bridgehead atoms. The van der Waals surface area contributed by atoms with Crippen molar-refractivity contribution in [3.63, 3.8) is 0 Å². The molecular formula is C14H17N5O2S. The number of hydrogen-bond donors (Lipinski definition) is 1. The van der Waals surface area contributed by atoms with Crippen molar-refractivity contribution >= 4 is 26.5 Å². The van der Waals surface area contributed by atoms with Crippen LogP contribution in [0.4, 0.5) is 5.69 Å². The smallest absolute Gasteiger partial charge is 0.241 e. The molecule has 0 saturated heterocycles. The molecule has 2 aromatic rings. The van der Waals surface area contributed by atoms with Crippen LogP contribution in [0.15, 0.2) is 46.4 Å². The summed E-state index contributed by atoms with van der Waals surface area (Å²) in [6.07, 6.45) is 0. The summed E-state index contributed by atoms with van der Waals surface area (Å²) in [6, 6.07) is 10.7. The highest BCUT2D eigenvalue weighted by Crippen LogP contribution is 2.29. The van der Waals surface area contributed by atoms with Crippen molar-refractivity contribution in [2.24, 2.45) is 5.11 Å². The molecule has 0 saturated carbocycles. The highest BCUT2D eigenvalue weighted by Gasteiger charge is 2.17. The largest absolute Gasteiger partial charge is 0.377 e. The molecule has 0 unspecified atom stereocenters. The van der Waals surface area contributed by atoms with E-state index in [1.807, 2.05) is 37.2 Å². The van der Waals surface area contributed by atoms with Crippen molar-refractivity contribution < 1.29 is 8.42 Å². The van der Waals surface area contributed by atoms with Gasteiger partial charge < -0.3 is 4.90 Å². The zero-order chi connectivity index (χ0) is 16.2. The maximum Gasteiger partial charge on any atom is 0.241 e. The summed E-state index contributed by atoms with van der Waals surface area (Å²) < 4.78 is 27.3. The van der Waals surface area contributed by atoms with Crippen LogP contribution in [0, 0.1) is 0 Å². The molecule has 7 nitrogen and oxygen atoms in total. The molecule has 0 spiro atoms. The first-order valence-corrected chi connectivity index (χ1v) is 8.15. The fourth-order valence-electron chi connectivity index (χ4n) is 2.24. The molecule has 22 heavy (non-hydrogen) atoms. The molecule has 0 amide bonds. The first-order valence-electron chi connectivity index (χ1n) is 6.67. The Morgan fingerprint density at radius 3 is 2.55 bits per heavy atom. The van der Waals surface area contributed by atoms with Crippen molar-refractivity contribution in [3.8, 4) is 0 Å². The fraction of sp³-hybridized carbons (Fsp3) is 0.286. The third-order valence-electron chi connectivity index (χ3n) is 3.20. The van der Waals surface area contributed by atoms with E-state index in [1.165, 1.54) is 0 Å². The monoisotopic (exact) mass is 319 g/mol. The molecule has 0 atom stereocenters. The Morgan fingerprint density at radius 2 is 1.86 bits per heavy atom. The molecule has 0 aromatic heterocycles. The van der Waals surface area contributed by atoms with E-state index in [0.717, 1.165) is 11.1 Å². The molecule has 0 aliphatic heterocycles. The molecule has 2 rings (SSSR count). The number of nitrogens with zero attached hydrogens (tertiary/aromatic N) is 4. The van der Waals surface area contributed by atoms with E-state index in [1.54, 1.807) is 18.2 Å². The van der Waals surface area contributed by atoms with Gasteiger partial charge in [-0.05, 0) is 17.7 Å². The van der Waals surface area contributed by atoms with E-state index < -0.39 is 10.0 Å². The predicted octanol–water partition coefficient (Wildman–Crippen LogP) is 2.49. The van der Waals surface area contributed by atoms with Crippen LogP contribution in [0.25, 0.3) is 21.2 Å². The molecule has 0 aliphatic carbocycles. The molecule has 0 fully saturated rings. The van der Waals surface area contributed by atoms with Crippen LogP contribution in [0.1, 0.15) is 0 Å². The number of rotatable bonds is 6. The molecule has 1 N–H and O–H groups in total. The molecule has 8 heteroatoms. The highest BCUT2D eigenvalue weighted by molar-refractivity contribution is 7.89. The number of azide groups is 1. The number of fused-ring (bicyclic) bond motifs is 1. The quantitative estimate of drug-likeness (QED) is 0.383. The van der Waals surface area contributed by atoms with Crippen LogP contribution in [-0.4, -0.2) is 35.6 Å². The highest BCUT2D eigenvalue weighted by atomic mass is 32.2. The lowest BCUT2D eigenvalue weighted by atomic mass is 10.1. The van der Waals surface area contributed by atoms with Gasteiger partial charge in [0.1, 0.15) is 0 Å². The van der Waals surface area contributed by atoms with E-state index >= 15 is 0 Å². The zero-order valence-corrected chi connectivity index (χ0v) is 13.2. The molecule has 0 radical (unpaired) electrons. The van der Waals surface area contributed by atoms with E-state index in [0.29, 0.717) is 5.39 Å². The number of sulfonamides is 1. The molecule has 0 aliphatic rings. The van der Waals surface area contributed by atoms with Gasteiger partial charge in [-0.15, -0.1) is 0 Å². The maximum absolute atomic E-state index is 12.4. The van der Waals surface area contributed by atoms with Crippen LogP contribution in [-0.2, 0) is 10.0 Å². The molecule has 116 valence electrons. The summed E-state index contributed by atoms with van der Waals surface area (Å²) in [5, 5.41) is 4.84. The van der Waals surface area contributed by atoms with Crippen LogP contribution in [0.5, 0.6) is 0 Å². The summed E-state index contributed by atoms with van der Waals surface area (Å²) in [5.41, 5.74) is 9.16. The summed E-state index contributed by atoms with van der Waals surface area (Å²) >= 11 is 0. The van der Waals surface area contributed by atoms with Crippen LogP contribution < -0.4 is 9.62 Å². The zero-order valence-electron chi connectivity index (χ0n) is 12.4. The van der Waals surface area contributed by atoms with Crippen molar-refractivity contribution in [2.75, 3.05) is 32.1 Å². The number of benzene rings is 2. The first kappa shape index (κ1) is 16.1. The average Bonchev–Trinajstić information content (AvgIpc) is 2.50. The fourth-order valence-corrected chi connectivity index (χ4v) is 3.48. The standard InChI is InChI=1S/C14H17N5O2S/c1-19(2)13-7-3-6-12-11(13)5-4-8-14(12)22(20,21)17-10-9-16-18-15/h3-8,17H,9-10H2,1-2H3. The van der Waals surface area contributed by atoms with E-state index in [2.05, 4.69) is 14.7 Å². The third kappa shape index (κ3) is 3.30. The normalized spacial score (nSPS) is 11.2. The van der Waals surface area contributed by atoms with Gasteiger partial charge in [0.05, 0.1) is 4.90 Å². The van der Waals surface area contributed by atoms with Crippen molar-refractivity contribution in [3.05, 3.63) is 46.8 Å². The Hall–Kier alpha value is -2.28. The predicted molar refractivity (Wildman–Crippen MR) is 87.5 cm³/mol. The number of hydrogen-bond acceptors (Lipinski definition) is 4. The van der Waals surface area contributed by atoms with Gasteiger partial charge in [-0.1, -0.05) is 29.4 Å². The Labute approximate surface area is 129 Å². The third-order valence-corrected chi connectivity index (χ3v) is 4.72. The van der Waals surface area contributed by atoms with Crippen LogP contribution in [0.3, 0.4) is 0 Å². The van der Waals surface area contributed by atoms with Gasteiger partial charge in [0.2, 0.25) is 10.0 Å². The van der Waals surface area contributed by atoms with E-state index in [4.69, 9.17) is 5.53 Å². The van der Waals surface area contributed by atoms with Gasteiger partial charge in [0, 0.05) is 48.6 Å². The lowest BCUT2D eigenvalue weighted by Gasteiger charge is -2.17. The van der Waals surface area contributed by atoms with Gasteiger partial charge in [-0.3, -0.25) is 0 Å². The second kappa shape index (κ2) is 6.65. The molecule has 0 heterocycles. The summed E-state index contributed by atoms with van der Waals surface area (Å²) in [6.45, 7) is 0.138. The summed E-state index contributed by atoms with van der Waals surface area (Å²) in [7, 11) is 0.160.